The Hall–Kier alpha value is -2.28. The number of carbonyl (C=O) groups is 1. The summed E-state index contributed by atoms with van der Waals surface area (Å²) in [7, 11) is 0. The van der Waals surface area contributed by atoms with E-state index in [4.69, 9.17) is 23.2 Å². The number of aromatic nitrogens is 3. The van der Waals surface area contributed by atoms with Crippen molar-refractivity contribution in [2.45, 2.75) is 18.2 Å². The summed E-state index contributed by atoms with van der Waals surface area (Å²) in [6.07, 6.45) is 1.77. The largest absolute Gasteiger partial charge is 0.351 e. The molecule has 0 radical (unpaired) electrons. The van der Waals surface area contributed by atoms with Crippen molar-refractivity contribution in [3.63, 3.8) is 0 Å². The van der Waals surface area contributed by atoms with E-state index < -0.39 is 0 Å². The normalized spacial score (nSPS) is 10.6. The van der Waals surface area contributed by atoms with Gasteiger partial charge in [0.05, 0.1) is 5.75 Å². The molecule has 8 heteroatoms. The maximum atomic E-state index is 12.2. The molecule has 28 heavy (non-hydrogen) atoms. The molecule has 3 rings (SSSR count). The van der Waals surface area contributed by atoms with Gasteiger partial charge in [0.1, 0.15) is 0 Å². The highest BCUT2D eigenvalue weighted by atomic mass is 35.5. The quantitative estimate of drug-likeness (QED) is 0.408. The standard InChI is InChI=1S/C20H18Cl2N4OS/c1-2-10-26-19(15-4-3-5-17(22)11-15)24-25-20(26)28-13-18(27)23-12-14-6-8-16(21)9-7-14/h2-9,11H,1,10,12-13H2,(H,23,27). The van der Waals surface area contributed by atoms with Crippen molar-refractivity contribution < 1.29 is 4.79 Å². The Labute approximate surface area is 177 Å². The summed E-state index contributed by atoms with van der Waals surface area (Å²) in [5.74, 6) is 0.835. The van der Waals surface area contributed by atoms with Gasteiger partial charge in [-0.15, -0.1) is 16.8 Å². The Kier molecular flexibility index (Phi) is 7.14. The van der Waals surface area contributed by atoms with E-state index in [2.05, 4.69) is 22.1 Å². The minimum atomic E-state index is -0.0857. The van der Waals surface area contributed by atoms with Crippen LogP contribution in [0.1, 0.15) is 5.56 Å². The molecule has 5 nitrogen and oxygen atoms in total. The number of thioether (sulfide) groups is 1. The molecule has 0 saturated carbocycles. The van der Waals surface area contributed by atoms with Crippen molar-refractivity contribution in [3.05, 3.63) is 76.8 Å². The zero-order valence-electron chi connectivity index (χ0n) is 14.9. The van der Waals surface area contributed by atoms with E-state index in [0.29, 0.717) is 34.1 Å². The van der Waals surface area contributed by atoms with Crippen LogP contribution in [-0.2, 0) is 17.9 Å². The Morgan fingerprint density at radius 1 is 1.14 bits per heavy atom. The van der Waals surface area contributed by atoms with Crippen LogP contribution in [0.5, 0.6) is 0 Å². The third-order valence-electron chi connectivity index (χ3n) is 3.85. The number of carbonyl (C=O) groups excluding carboxylic acids is 1. The SMILES string of the molecule is C=CCn1c(SCC(=O)NCc2ccc(Cl)cc2)nnc1-c1cccc(Cl)c1. The van der Waals surface area contributed by atoms with Crippen LogP contribution in [0.2, 0.25) is 10.0 Å². The molecule has 1 amide bonds. The van der Waals surface area contributed by atoms with Crippen molar-refractivity contribution >= 4 is 40.9 Å². The Bertz CT molecular complexity index is 973. The van der Waals surface area contributed by atoms with Crippen molar-refractivity contribution in [3.8, 4) is 11.4 Å². The van der Waals surface area contributed by atoms with E-state index in [9.17, 15) is 4.79 Å². The van der Waals surface area contributed by atoms with Crippen LogP contribution in [-0.4, -0.2) is 26.4 Å². The van der Waals surface area contributed by atoms with Crippen LogP contribution in [0.25, 0.3) is 11.4 Å². The van der Waals surface area contributed by atoms with Crippen molar-refractivity contribution in [2.24, 2.45) is 0 Å². The number of benzene rings is 2. The van der Waals surface area contributed by atoms with E-state index in [1.807, 2.05) is 34.9 Å². The minimum absolute atomic E-state index is 0.0857. The minimum Gasteiger partial charge on any atom is -0.351 e. The molecule has 0 aliphatic rings. The fourth-order valence-corrected chi connectivity index (χ4v) is 3.61. The van der Waals surface area contributed by atoms with Gasteiger partial charge in [0, 0.05) is 28.7 Å². The van der Waals surface area contributed by atoms with Gasteiger partial charge in [-0.3, -0.25) is 9.36 Å². The summed E-state index contributed by atoms with van der Waals surface area (Å²) in [5, 5.41) is 13.3. The van der Waals surface area contributed by atoms with Crippen LogP contribution < -0.4 is 5.32 Å². The molecular weight excluding hydrogens is 415 g/mol. The molecule has 0 aliphatic heterocycles. The van der Waals surface area contributed by atoms with Crippen LogP contribution in [0.15, 0.2) is 66.3 Å². The Morgan fingerprint density at radius 2 is 1.93 bits per heavy atom. The van der Waals surface area contributed by atoms with Gasteiger partial charge < -0.3 is 5.32 Å². The lowest BCUT2D eigenvalue weighted by Gasteiger charge is -2.08. The van der Waals surface area contributed by atoms with Gasteiger partial charge in [-0.05, 0) is 29.8 Å². The van der Waals surface area contributed by atoms with Gasteiger partial charge in [-0.1, -0.05) is 65.3 Å². The maximum Gasteiger partial charge on any atom is 0.230 e. The summed E-state index contributed by atoms with van der Waals surface area (Å²) < 4.78 is 1.91. The summed E-state index contributed by atoms with van der Waals surface area (Å²) in [5.41, 5.74) is 1.85. The molecule has 3 aromatic rings. The molecule has 0 unspecified atom stereocenters. The molecule has 0 saturated heterocycles. The van der Waals surface area contributed by atoms with E-state index in [0.717, 1.165) is 11.1 Å². The number of hydrogen-bond donors (Lipinski definition) is 1. The number of allylic oxidation sites excluding steroid dienone is 1. The molecule has 1 aromatic heterocycles. The zero-order chi connectivity index (χ0) is 19.9. The molecule has 0 spiro atoms. The molecule has 2 aromatic carbocycles. The third kappa shape index (κ3) is 5.38. The van der Waals surface area contributed by atoms with Crippen molar-refractivity contribution in [1.29, 1.82) is 0 Å². The molecule has 0 aliphatic carbocycles. The second kappa shape index (κ2) is 9.78. The van der Waals surface area contributed by atoms with E-state index >= 15 is 0 Å². The van der Waals surface area contributed by atoms with Crippen LogP contribution in [0, 0.1) is 0 Å². The fraction of sp³-hybridized carbons (Fsp3) is 0.150. The number of amides is 1. The van der Waals surface area contributed by atoms with Gasteiger partial charge in [-0.25, -0.2) is 0 Å². The average Bonchev–Trinajstić information content (AvgIpc) is 3.09. The van der Waals surface area contributed by atoms with Crippen LogP contribution >= 0.6 is 35.0 Å². The van der Waals surface area contributed by atoms with Crippen LogP contribution in [0.4, 0.5) is 0 Å². The van der Waals surface area contributed by atoms with Gasteiger partial charge >= 0.3 is 0 Å². The first-order valence-electron chi connectivity index (χ1n) is 8.51. The topological polar surface area (TPSA) is 59.8 Å². The Morgan fingerprint density at radius 3 is 2.64 bits per heavy atom. The molecular formula is C20H18Cl2N4OS. The lowest BCUT2D eigenvalue weighted by molar-refractivity contribution is -0.118. The van der Waals surface area contributed by atoms with Gasteiger partial charge in [0.15, 0.2) is 11.0 Å². The molecule has 1 heterocycles. The first-order chi connectivity index (χ1) is 13.6. The monoisotopic (exact) mass is 432 g/mol. The summed E-state index contributed by atoms with van der Waals surface area (Å²) in [6.45, 7) is 4.77. The van der Waals surface area contributed by atoms with Crippen LogP contribution in [0.3, 0.4) is 0 Å². The highest BCUT2D eigenvalue weighted by Crippen LogP contribution is 2.25. The highest BCUT2D eigenvalue weighted by molar-refractivity contribution is 7.99. The number of halogens is 2. The number of rotatable bonds is 8. The average molecular weight is 433 g/mol. The fourth-order valence-electron chi connectivity index (χ4n) is 2.51. The van der Waals surface area contributed by atoms with Crippen molar-refractivity contribution in [2.75, 3.05) is 5.75 Å². The lowest BCUT2D eigenvalue weighted by Crippen LogP contribution is -2.24. The van der Waals surface area contributed by atoms with Gasteiger partial charge in [-0.2, -0.15) is 0 Å². The first-order valence-corrected chi connectivity index (χ1v) is 10.2. The molecule has 0 atom stereocenters. The molecule has 0 fully saturated rings. The summed E-state index contributed by atoms with van der Waals surface area (Å²) in [4.78, 5) is 12.2. The summed E-state index contributed by atoms with van der Waals surface area (Å²) >= 11 is 13.3. The second-order valence-electron chi connectivity index (χ2n) is 5.91. The predicted molar refractivity (Wildman–Crippen MR) is 115 cm³/mol. The maximum absolute atomic E-state index is 12.2. The third-order valence-corrected chi connectivity index (χ3v) is 5.30. The van der Waals surface area contributed by atoms with Gasteiger partial charge in [0.2, 0.25) is 5.91 Å². The number of hydrogen-bond acceptors (Lipinski definition) is 4. The first kappa shape index (κ1) is 20.5. The smallest absolute Gasteiger partial charge is 0.230 e. The van der Waals surface area contributed by atoms with E-state index in [1.165, 1.54) is 11.8 Å². The number of nitrogens with zero attached hydrogens (tertiary/aromatic N) is 3. The van der Waals surface area contributed by atoms with Gasteiger partial charge in [0.25, 0.3) is 0 Å². The molecule has 0 bridgehead atoms. The molecule has 1 N–H and O–H groups in total. The number of nitrogens with one attached hydrogen (secondary N) is 1. The van der Waals surface area contributed by atoms with E-state index in [-0.39, 0.29) is 11.7 Å². The second-order valence-corrected chi connectivity index (χ2v) is 7.72. The van der Waals surface area contributed by atoms with E-state index in [1.54, 1.807) is 24.3 Å². The molecule has 144 valence electrons. The zero-order valence-corrected chi connectivity index (χ0v) is 17.3. The Balaban J connectivity index is 1.64. The predicted octanol–water partition coefficient (Wildman–Crippen LogP) is 4.85. The highest BCUT2D eigenvalue weighted by Gasteiger charge is 2.15. The van der Waals surface area contributed by atoms with Crippen molar-refractivity contribution in [1.82, 2.24) is 20.1 Å². The lowest BCUT2D eigenvalue weighted by atomic mass is 10.2. The summed E-state index contributed by atoms with van der Waals surface area (Å²) in [6, 6.07) is 14.8.